The number of hydrogen-bond acceptors (Lipinski definition) is 6. The first-order chi connectivity index (χ1) is 12.3. The molecule has 0 fully saturated rings. The van der Waals surface area contributed by atoms with E-state index in [0.29, 0.717) is 17.8 Å². The molecule has 0 saturated heterocycles. The van der Waals surface area contributed by atoms with Gasteiger partial charge in [0.2, 0.25) is 0 Å². The minimum absolute atomic E-state index is 0.0548. The summed E-state index contributed by atoms with van der Waals surface area (Å²) in [6.07, 6.45) is 1.14. The Morgan fingerprint density at radius 2 is 1.69 bits per heavy atom. The van der Waals surface area contributed by atoms with E-state index in [2.05, 4.69) is 5.32 Å². The SMILES string of the molecule is CC(C)CN1C(=O)c2ccc(NC3=CC(=O)N(CCO)C3=O)cc2C1=O. The third kappa shape index (κ3) is 2.99. The molecular formula is C18H19N3O5. The molecule has 8 nitrogen and oxygen atoms in total. The van der Waals surface area contributed by atoms with Gasteiger partial charge in [-0.2, -0.15) is 0 Å². The van der Waals surface area contributed by atoms with Crippen molar-refractivity contribution in [3.63, 3.8) is 0 Å². The van der Waals surface area contributed by atoms with Gasteiger partial charge in [-0.3, -0.25) is 29.0 Å². The molecule has 1 aromatic rings. The maximum Gasteiger partial charge on any atom is 0.277 e. The molecule has 0 aromatic heterocycles. The lowest BCUT2D eigenvalue weighted by molar-refractivity contribution is -0.137. The van der Waals surface area contributed by atoms with E-state index in [1.807, 2.05) is 13.8 Å². The van der Waals surface area contributed by atoms with Crippen molar-refractivity contribution in [3.05, 3.63) is 41.1 Å². The fourth-order valence-electron chi connectivity index (χ4n) is 2.96. The highest BCUT2D eigenvalue weighted by molar-refractivity contribution is 6.22. The Labute approximate surface area is 150 Å². The van der Waals surface area contributed by atoms with Gasteiger partial charge in [0.1, 0.15) is 5.70 Å². The second kappa shape index (κ2) is 6.72. The van der Waals surface area contributed by atoms with Crippen LogP contribution in [0, 0.1) is 5.92 Å². The van der Waals surface area contributed by atoms with Crippen molar-refractivity contribution in [1.82, 2.24) is 9.80 Å². The molecular weight excluding hydrogens is 338 g/mol. The Morgan fingerprint density at radius 1 is 1.00 bits per heavy atom. The summed E-state index contributed by atoms with van der Waals surface area (Å²) in [7, 11) is 0. The average Bonchev–Trinajstić information content (AvgIpc) is 2.98. The molecule has 2 N–H and O–H groups in total. The Hall–Kier alpha value is -3.00. The van der Waals surface area contributed by atoms with Gasteiger partial charge in [0.05, 0.1) is 24.3 Å². The number of rotatable bonds is 6. The molecule has 8 heteroatoms. The van der Waals surface area contributed by atoms with Crippen molar-refractivity contribution >= 4 is 29.3 Å². The number of hydrogen-bond donors (Lipinski definition) is 2. The number of nitrogens with one attached hydrogen (secondary N) is 1. The van der Waals surface area contributed by atoms with Gasteiger partial charge in [0.25, 0.3) is 23.6 Å². The van der Waals surface area contributed by atoms with Crippen molar-refractivity contribution < 1.29 is 24.3 Å². The highest BCUT2D eigenvalue weighted by Crippen LogP contribution is 2.27. The number of imide groups is 2. The predicted octanol–water partition coefficient (Wildman–Crippen LogP) is 0.595. The Bertz CT molecular complexity index is 843. The molecule has 2 aliphatic rings. The summed E-state index contributed by atoms with van der Waals surface area (Å²) in [6, 6.07) is 4.62. The van der Waals surface area contributed by atoms with Gasteiger partial charge < -0.3 is 10.4 Å². The topological polar surface area (TPSA) is 107 Å². The van der Waals surface area contributed by atoms with Crippen LogP contribution in [0.3, 0.4) is 0 Å². The highest BCUT2D eigenvalue weighted by Gasteiger charge is 2.36. The summed E-state index contributed by atoms with van der Waals surface area (Å²) >= 11 is 0. The molecule has 2 heterocycles. The number of aliphatic hydroxyl groups excluding tert-OH is 1. The van der Waals surface area contributed by atoms with Gasteiger partial charge in [-0.15, -0.1) is 0 Å². The number of fused-ring (bicyclic) bond motifs is 1. The standard InChI is InChI=1S/C18H19N3O5/c1-10(2)9-21-16(24)12-4-3-11(7-13(12)17(21)25)19-14-8-15(23)20(5-6-22)18(14)26/h3-4,7-8,10,19,22H,5-6,9H2,1-2H3. The Kier molecular flexibility index (Phi) is 4.60. The fraction of sp³-hybridized carbons (Fsp3) is 0.333. The molecule has 0 saturated carbocycles. The zero-order valence-corrected chi connectivity index (χ0v) is 14.5. The van der Waals surface area contributed by atoms with E-state index in [0.717, 1.165) is 11.0 Å². The summed E-state index contributed by atoms with van der Waals surface area (Å²) in [5.41, 5.74) is 1.07. The number of carbonyl (C=O) groups is 4. The van der Waals surface area contributed by atoms with Crippen molar-refractivity contribution in [2.45, 2.75) is 13.8 Å². The van der Waals surface area contributed by atoms with Crippen LogP contribution in [0.15, 0.2) is 30.0 Å². The van der Waals surface area contributed by atoms with Crippen LogP contribution < -0.4 is 5.32 Å². The molecule has 0 spiro atoms. The van der Waals surface area contributed by atoms with E-state index in [1.54, 1.807) is 6.07 Å². The number of anilines is 1. The molecule has 136 valence electrons. The van der Waals surface area contributed by atoms with E-state index in [9.17, 15) is 19.2 Å². The van der Waals surface area contributed by atoms with Crippen LogP contribution in [0.5, 0.6) is 0 Å². The smallest absolute Gasteiger partial charge is 0.277 e. The number of nitrogens with zero attached hydrogens (tertiary/aromatic N) is 2. The Balaban J connectivity index is 1.82. The van der Waals surface area contributed by atoms with Gasteiger partial charge >= 0.3 is 0 Å². The number of amides is 4. The number of aliphatic hydroxyl groups is 1. The average molecular weight is 357 g/mol. The molecule has 1 aromatic carbocycles. The second-order valence-electron chi connectivity index (χ2n) is 6.58. The molecule has 4 amide bonds. The lowest BCUT2D eigenvalue weighted by Crippen LogP contribution is -2.34. The number of benzene rings is 1. The van der Waals surface area contributed by atoms with E-state index >= 15 is 0 Å². The first-order valence-corrected chi connectivity index (χ1v) is 8.29. The van der Waals surface area contributed by atoms with Crippen LogP contribution in [-0.4, -0.2) is 58.2 Å². The zero-order chi connectivity index (χ0) is 19.0. The van der Waals surface area contributed by atoms with Crippen molar-refractivity contribution in [2.24, 2.45) is 5.92 Å². The molecule has 3 rings (SSSR count). The molecule has 26 heavy (non-hydrogen) atoms. The monoisotopic (exact) mass is 357 g/mol. The molecule has 0 bridgehead atoms. The van der Waals surface area contributed by atoms with E-state index in [1.165, 1.54) is 17.0 Å². The maximum absolute atomic E-state index is 12.5. The van der Waals surface area contributed by atoms with Gasteiger partial charge in [-0.1, -0.05) is 13.8 Å². The number of β-amino-alcohol motifs (C(OH)–C–C–N with tert-alkyl or cyclic N) is 1. The minimum atomic E-state index is -0.548. The lowest BCUT2D eigenvalue weighted by Gasteiger charge is -2.15. The third-order valence-electron chi connectivity index (χ3n) is 4.13. The van der Waals surface area contributed by atoms with E-state index in [-0.39, 0.29) is 42.1 Å². The van der Waals surface area contributed by atoms with Crippen molar-refractivity contribution in [3.8, 4) is 0 Å². The second-order valence-corrected chi connectivity index (χ2v) is 6.58. The van der Waals surface area contributed by atoms with Crippen LogP contribution in [-0.2, 0) is 9.59 Å². The van der Waals surface area contributed by atoms with Crippen LogP contribution in [0.4, 0.5) is 5.69 Å². The van der Waals surface area contributed by atoms with Crippen LogP contribution >= 0.6 is 0 Å². The minimum Gasteiger partial charge on any atom is -0.395 e. The summed E-state index contributed by atoms with van der Waals surface area (Å²) < 4.78 is 0. The summed E-state index contributed by atoms with van der Waals surface area (Å²) in [6.45, 7) is 3.78. The van der Waals surface area contributed by atoms with E-state index < -0.39 is 11.8 Å². The molecule has 0 aliphatic carbocycles. The normalized spacial score (nSPS) is 16.7. The fourth-order valence-corrected chi connectivity index (χ4v) is 2.96. The van der Waals surface area contributed by atoms with E-state index in [4.69, 9.17) is 5.11 Å². The first kappa shape index (κ1) is 17.8. The summed E-state index contributed by atoms with van der Waals surface area (Å²) in [4.78, 5) is 50.9. The van der Waals surface area contributed by atoms with Crippen molar-refractivity contribution in [2.75, 3.05) is 25.0 Å². The molecule has 0 radical (unpaired) electrons. The zero-order valence-electron chi connectivity index (χ0n) is 14.5. The van der Waals surface area contributed by atoms with Crippen molar-refractivity contribution in [1.29, 1.82) is 0 Å². The molecule has 0 atom stereocenters. The quantitative estimate of drug-likeness (QED) is 0.722. The lowest BCUT2D eigenvalue weighted by atomic mass is 10.1. The summed E-state index contributed by atoms with van der Waals surface area (Å²) in [5.74, 6) is -1.60. The van der Waals surface area contributed by atoms with Gasteiger partial charge in [0, 0.05) is 18.3 Å². The van der Waals surface area contributed by atoms with Gasteiger partial charge in [-0.25, -0.2) is 0 Å². The third-order valence-corrected chi connectivity index (χ3v) is 4.13. The van der Waals surface area contributed by atoms with Crippen LogP contribution in [0.25, 0.3) is 0 Å². The Morgan fingerprint density at radius 3 is 2.35 bits per heavy atom. The van der Waals surface area contributed by atoms with Gasteiger partial charge in [-0.05, 0) is 24.1 Å². The largest absolute Gasteiger partial charge is 0.395 e. The first-order valence-electron chi connectivity index (χ1n) is 8.29. The maximum atomic E-state index is 12.5. The predicted molar refractivity (Wildman–Crippen MR) is 92.2 cm³/mol. The molecule has 2 aliphatic heterocycles. The van der Waals surface area contributed by atoms with Gasteiger partial charge in [0.15, 0.2) is 0 Å². The highest BCUT2D eigenvalue weighted by atomic mass is 16.3. The summed E-state index contributed by atoms with van der Waals surface area (Å²) in [5, 5.41) is 11.7. The van der Waals surface area contributed by atoms with Crippen LogP contribution in [0.2, 0.25) is 0 Å². The molecule has 0 unspecified atom stereocenters. The van der Waals surface area contributed by atoms with Crippen LogP contribution in [0.1, 0.15) is 34.6 Å². The number of carbonyl (C=O) groups excluding carboxylic acids is 4.